The van der Waals surface area contributed by atoms with Crippen LogP contribution >= 0.6 is 0 Å². The molecule has 21 heavy (non-hydrogen) atoms. The Hall–Kier alpha value is -2.54. The predicted molar refractivity (Wildman–Crippen MR) is 73.4 cm³/mol. The molecule has 6 nitrogen and oxygen atoms in total. The van der Waals surface area contributed by atoms with Crippen LogP contribution in [0, 0.1) is 6.92 Å². The highest BCUT2D eigenvalue weighted by Crippen LogP contribution is 2.19. The van der Waals surface area contributed by atoms with Gasteiger partial charge in [-0.15, -0.1) is 5.75 Å². The van der Waals surface area contributed by atoms with E-state index in [-0.39, 0.29) is 10.5 Å². The van der Waals surface area contributed by atoms with E-state index in [2.05, 4.69) is 0 Å². The number of phenols is 1. The minimum absolute atomic E-state index is 0.0658. The fraction of sp³-hybridized carbons (Fsp3) is 0.0714. The summed E-state index contributed by atoms with van der Waals surface area (Å²) in [5, 5.41) is 20.5. The third kappa shape index (κ3) is 3.51. The molecule has 2 aromatic carbocycles. The Morgan fingerprint density at radius 2 is 1.76 bits per heavy atom. The first-order valence-corrected chi connectivity index (χ1v) is 7.41. The number of amides is 1. The summed E-state index contributed by atoms with van der Waals surface area (Å²) in [5.41, 5.74) is 0.653. The van der Waals surface area contributed by atoms with Crippen LogP contribution in [0.25, 0.3) is 0 Å². The highest BCUT2D eigenvalue weighted by molar-refractivity contribution is 7.90. The molecule has 1 amide bonds. The summed E-state index contributed by atoms with van der Waals surface area (Å²) in [6.45, 7) is 1.80. The predicted octanol–water partition coefficient (Wildman–Crippen LogP) is 0.893. The van der Waals surface area contributed by atoms with Crippen molar-refractivity contribution >= 4 is 15.9 Å². The Morgan fingerprint density at radius 1 is 1.14 bits per heavy atom. The second kappa shape index (κ2) is 5.45. The third-order valence-electron chi connectivity index (χ3n) is 2.71. The van der Waals surface area contributed by atoms with Gasteiger partial charge in [-0.25, -0.2) is 13.1 Å². The zero-order valence-corrected chi connectivity index (χ0v) is 11.8. The normalized spacial score (nSPS) is 11.1. The van der Waals surface area contributed by atoms with Gasteiger partial charge in [0.15, 0.2) is 0 Å². The van der Waals surface area contributed by atoms with E-state index in [0.717, 1.165) is 23.8 Å². The van der Waals surface area contributed by atoms with Crippen LogP contribution < -0.4 is 9.83 Å². The van der Waals surface area contributed by atoms with Gasteiger partial charge in [0.1, 0.15) is 5.75 Å². The molecule has 0 saturated heterocycles. The molecule has 0 heterocycles. The maximum absolute atomic E-state index is 12.0. The second-order valence-corrected chi connectivity index (χ2v) is 6.15. The quantitative estimate of drug-likeness (QED) is 0.876. The number of aryl methyl sites for hydroxylation is 1. The molecule has 2 N–H and O–H groups in total. The lowest BCUT2D eigenvalue weighted by Crippen LogP contribution is -2.30. The van der Waals surface area contributed by atoms with Crippen molar-refractivity contribution in [2.45, 2.75) is 11.8 Å². The van der Waals surface area contributed by atoms with Gasteiger partial charge in [-0.2, -0.15) is 0 Å². The summed E-state index contributed by atoms with van der Waals surface area (Å²) in [4.78, 5) is 11.8. The number of carbonyl (C=O) groups is 1. The van der Waals surface area contributed by atoms with Gasteiger partial charge in [0.05, 0.1) is 4.90 Å². The number of carbonyl (C=O) groups excluding carboxylic acids is 1. The van der Waals surface area contributed by atoms with Crippen molar-refractivity contribution in [3.8, 4) is 11.5 Å². The van der Waals surface area contributed by atoms with Gasteiger partial charge >= 0.3 is 0 Å². The van der Waals surface area contributed by atoms with Gasteiger partial charge in [-0.1, -0.05) is 23.8 Å². The van der Waals surface area contributed by atoms with E-state index < -0.39 is 27.4 Å². The monoisotopic (exact) mass is 306 g/mol. The molecule has 0 aromatic heterocycles. The molecular weight excluding hydrogens is 294 g/mol. The highest BCUT2D eigenvalue weighted by Gasteiger charge is 2.18. The SMILES string of the molecule is Cc1ccc(S(=O)(=O)NC(=O)c2cc([O-])cc(O)c2)cc1. The minimum atomic E-state index is -4.03. The molecule has 7 heteroatoms. The molecule has 0 unspecified atom stereocenters. The number of hydrogen-bond donors (Lipinski definition) is 2. The van der Waals surface area contributed by atoms with Gasteiger partial charge in [-0.3, -0.25) is 4.79 Å². The summed E-state index contributed by atoms with van der Waals surface area (Å²) < 4.78 is 25.9. The summed E-state index contributed by atoms with van der Waals surface area (Å²) >= 11 is 0. The van der Waals surface area contributed by atoms with E-state index in [1.807, 2.05) is 4.72 Å². The molecule has 0 spiro atoms. The summed E-state index contributed by atoms with van der Waals surface area (Å²) in [5.74, 6) is -1.98. The average Bonchev–Trinajstić information content (AvgIpc) is 2.37. The van der Waals surface area contributed by atoms with E-state index in [4.69, 9.17) is 0 Å². The largest absolute Gasteiger partial charge is 0.872 e. The molecule has 2 aromatic rings. The van der Waals surface area contributed by atoms with Crippen LogP contribution in [0.1, 0.15) is 15.9 Å². The molecule has 0 aliphatic carbocycles. The van der Waals surface area contributed by atoms with Crippen LogP contribution in [-0.2, 0) is 10.0 Å². The molecule has 0 saturated carbocycles. The molecule has 110 valence electrons. The van der Waals surface area contributed by atoms with Crippen LogP contribution in [0.2, 0.25) is 0 Å². The lowest BCUT2D eigenvalue weighted by molar-refractivity contribution is -0.268. The Bertz CT molecular complexity index is 761. The molecule has 0 radical (unpaired) electrons. The Labute approximate surface area is 121 Å². The highest BCUT2D eigenvalue weighted by atomic mass is 32.2. The number of aromatic hydroxyl groups is 1. The van der Waals surface area contributed by atoms with Gasteiger partial charge in [0.2, 0.25) is 0 Å². The van der Waals surface area contributed by atoms with Crippen LogP contribution in [0.15, 0.2) is 47.4 Å². The molecular formula is C14H12NO5S-. The lowest BCUT2D eigenvalue weighted by Gasteiger charge is -2.10. The molecule has 0 bridgehead atoms. The van der Waals surface area contributed by atoms with Crippen molar-refractivity contribution < 1.29 is 23.4 Å². The molecule has 2 rings (SSSR count). The van der Waals surface area contributed by atoms with Crippen LogP contribution in [0.5, 0.6) is 11.5 Å². The standard InChI is InChI=1S/C14H13NO5S/c1-9-2-4-13(5-3-9)21(19,20)15-14(18)10-6-11(16)8-12(17)7-10/h2-8,16-17H,1H3,(H,15,18)/p-1. The van der Waals surface area contributed by atoms with E-state index in [1.165, 1.54) is 12.1 Å². The molecule has 0 aliphatic rings. The first kappa shape index (κ1) is 14.9. The van der Waals surface area contributed by atoms with Crippen LogP contribution in [0.3, 0.4) is 0 Å². The van der Waals surface area contributed by atoms with E-state index in [9.17, 15) is 23.4 Å². The third-order valence-corrected chi connectivity index (χ3v) is 4.06. The summed E-state index contributed by atoms with van der Waals surface area (Å²) in [7, 11) is -4.03. The lowest BCUT2D eigenvalue weighted by atomic mass is 10.2. The van der Waals surface area contributed by atoms with Crippen LogP contribution in [0.4, 0.5) is 0 Å². The molecule has 0 fully saturated rings. The number of phenolic OH excluding ortho intramolecular Hbond substituents is 1. The number of nitrogens with one attached hydrogen (secondary N) is 1. The zero-order valence-electron chi connectivity index (χ0n) is 11.0. The maximum atomic E-state index is 12.0. The van der Waals surface area contributed by atoms with Gasteiger partial charge in [0.25, 0.3) is 15.9 Å². The Balaban J connectivity index is 2.27. The zero-order chi connectivity index (χ0) is 15.6. The van der Waals surface area contributed by atoms with E-state index in [0.29, 0.717) is 0 Å². The smallest absolute Gasteiger partial charge is 0.265 e. The second-order valence-electron chi connectivity index (χ2n) is 4.46. The van der Waals surface area contributed by atoms with Crippen molar-refractivity contribution in [2.75, 3.05) is 0 Å². The van der Waals surface area contributed by atoms with E-state index in [1.54, 1.807) is 19.1 Å². The van der Waals surface area contributed by atoms with Crippen LogP contribution in [-0.4, -0.2) is 19.4 Å². The number of sulfonamides is 1. The molecule has 0 aliphatic heterocycles. The van der Waals surface area contributed by atoms with Gasteiger partial charge in [0, 0.05) is 5.56 Å². The van der Waals surface area contributed by atoms with Crippen molar-refractivity contribution in [1.29, 1.82) is 0 Å². The van der Waals surface area contributed by atoms with Crippen molar-refractivity contribution in [1.82, 2.24) is 4.72 Å². The van der Waals surface area contributed by atoms with Crippen molar-refractivity contribution in [2.24, 2.45) is 0 Å². The maximum Gasteiger partial charge on any atom is 0.265 e. The van der Waals surface area contributed by atoms with Gasteiger partial charge in [-0.05, 0) is 31.2 Å². The molecule has 0 atom stereocenters. The van der Waals surface area contributed by atoms with Crippen molar-refractivity contribution in [3.63, 3.8) is 0 Å². The number of benzene rings is 2. The summed E-state index contributed by atoms with van der Waals surface area (Å²) in [6.07, 6.45) is 0. The fourth-order valence-electron chi connectivity index (χ4n) is 1.67. The Kier molecular flexibility index (Phi) is 3.86. The first-order chi connectivity index (χ1) is 9.78. The van der Waals surface area contributed by atoms with E-state index >= 15 is 0 Å². The summed E-state index contributed by atoms with van der Waals surface area (Å²) in [6, 6.07) is 8.82. The fourth-order valence-corrected chi connectivity index (χ4v) is 2.65. The Morgan fingerprint density at radius 3 is 2.33 bits per heavy atom. The first-order valence-electron chi connectivity index (χ1n) is 5.93. The number of rotatable bonds is 3. The average molecular weight is 306 g/mol. The topological polar surface area (TPSA) is 107 Å². The number of hydrogen-bond acceptors (Lipinski definition) is 5. The van der Waals surface area contributed by atoms with Crippen molar-refractivity contribution in [3.05, 3.63) is 53.6 Å². The van der Waals surface area contributed by atoms with Gasteiger partial charge < -0.3 is 10.2 Å². The minimum Gasteiger partial charge on any atom is -0.872 e.